The Kier molecular flexibility index (Phi) is 5.06. The number of fused-ring (bicyclic) bond motifs is 7. The summed E-state index contributed by atoms with van der Waals surface area (Å²) in [4.78, 5) is 12.8. The van der Waals surface area contributed by atoms with E-state index in [2.05, 4.69) is 47.3 Å². The second-order valence-corrected chi connectivity index (χ2v) is 14.3. The van der Waals surface area contributed by atoms with E-state index >= 15 is 0 Å². The molecule has 4 fully saturated rings. The van der Waals surface area contributed by atoms with Crippen molar-refractivity contribution in [2.75, 3.05) is 0 Å². The minimum Gasteiger partial charge on any atom is -0.481 e. The van der Waals surface area contributed by atoms with Gasteiger partial charge in [0, 0.05) is 5.92 Å². The number of aliphatic hydroxyl groups excluding tert-OH is 1. The van der Waals surface area contributed by atoms with Crippen molar-refractivity contribution in [3.05, 3.63) is 23.8 Å². The van der Waals surface area contributed by atoms with Crippen LogP contribution in [0.4, 0.5) is 0 Å². The van der Waals surface area contributed by atoms with E-state index in [0.29, 0.717) is 31.1 Å². The Morgan fingerprint density at radius 2 is 1.65 bits per heavy atom. The van der Waals surface area contributed by atoms with E-state index < -0.39 is 22.9 Å². The summed E-state index contributed by atoms with van der Waals surface area (Å²) in [5.41, 5.74) is -0.165. The average molecular weight is 471 g/mol. The predicted octanol–water partition coefficient (Wildman–Crippen LogP) is 6.12. The van der Waals surface area contributed by atoms with Gasteiger partial charge in [0.25, 0.3) is 0 Å². The molecule has 0 heterocycles. The molecule has 0 aromatic carbocycles. The van der Waals surface area contributed by atoms with Gasteiger partial charge < -0.3 is 15.3 Å². The molecule has 4 heteroatoms. The summed E-state index contributed by atoms with van der Waals surface area (Å²) in [6.45, 7) is 17.9. The van der Waals surface area contributed by atoms with Gasteiger partial charge in [0.1, 0.15) is 0 Å². The molecule has 0 bridgehead atoms. The summed E-state index contributed by atoms with van der Waals surface area (Å²) in [7, 11) is 0. The number of rotatable bonds is 1. The van der Waals surface area contributed by atoms with Crippen LogP contribution in [0.5, 0.6) is 0 Å². The van der Waals surface area contributed by atoms with Gasteiger partial charge in [0.05, 0.1) is 17.1 Å². The molecule has 4 nitrogen and oxygen atoms in total. The van der Waals surface area contributed by atoms with Crippen LogP contribution in [0.15, 0.2) is 23.8 Å². The Labute approximate surface area is 205 Å². The highest BCUT2D eigenvalue weighted by Crippen LogP contribution is 2.76. The van der Waals surface area contributed by atoms with Gasteiger partial charge in [-0.1, -0.05) is 52.8 Å². The zero-order valence-electron chi connectivity index (χ0n) is 22.2. The van der Waals surface area contributed by atoms with Gasteiger partial charge in [-0.25, -0.2) is 0 Å². The SMILES string of the molecule is C=C1CC[C@]2(C(=O)O)CC[C@]3(C)C(=CC[C@@H]4[C@@]5(C)CC[C@@H](O)C(C)(C)[C@@H]5CC[C@]43C)[C@@H]2[C@]1(C)O. The van der Waals surface area contributed by atoms with Crippen molar-refractivity contribution in [2.45, 2.75) is 111 Å². The van der Waals surface area contributed by atoms with E-state index in [-0.39, 0.29) is 27.8 Å². The fourth-order valence-electron chi connectivity index (χ4n) is 10.6. The average Bonchev–Trinajstić information content (AvgIpc) is 2.74. The number of carboxylic acids is 1. The lowest BCUT2D eigenvalue weighted by atomic mass is 9.33. The van der Waals surface area contributed by atoms with E-state index in [1.807, 2.05) is 6.92 Å². The summed E-state index contributed by atoms with van der Waals surface area (Å²) < 4.78 is 0. The molecule has 0 aliphatic heterocycles. The number of carboxylic acid groups (broad SMARTS) is 1. The topological polar surface area (TPSA) is 77.8 Å². The number of hydrogen-bond acceptors (Lipinski definition) is 3. The quantitative estimate of drug-likeness (QED) is 0.403. The Hall–Kier alpha value is -1.13. The Morgan fingerprint density at radius 3 is 2.29 bits per heavy atom. The molecule has 5 aliphatic carbocycles. The third-order valence-electron chi connectivity index (χ3n) is 13.0. The minimum atomic E-state index is -1.20. The van der Waals surface area contributed by atoms with Crippen LogP contribution in [0.1, 0.15) is 99.3 Å². The smallest absolute Gasteiger partial charge is 0.310 e. The molecule has 0 aromatic heterocycles. The lowest BCUT2D eigenvalue weighted by Crippen LogP contribution is -2.67. The maximum Gasteiger partial charge on any atom is 0.310 e. The van der Waals surface area contributed by atoms with Gasteiger partial charge >= 0.3 is 5.97 Å². The second kappa shape index (κ2) is 7.00. The fraction of sp³-hybridized carbons (Fsp3) is 0.833. The number of aliphatic carboxylic acids is 1. The molecule has 4 saturated carbocycles. The Balaban J connectivity index is 1.65. The Bertz CT molecular complexity index is 961. The first-order valence-electron chi connectivity index (χ1n) is 13.6. The number of hydrogen-bond donors (Lipinski definition) is 3. The molecular weight excluding hydrogens is 424 g/mol. The van der Waals surface area contributed by atoms with Crippen LogP contribution in [0.25, 0.3) is 0 Å². The summed E-state index contributed by atoms with van der Waals surface area (Å²) in [6.07, 6.45) is 9.82. The molecule has 5 aliphatic rings. The van der Waals surface area contributed by atoms with Gasteiger partial charge in [-0.2, -0.15) is 0 Å². The van der Waals surface area contributed by atoms with Crippen molar-refractivity contribution in [3.8, 4) is 0 Å². The van der Waals surface area contributed by atoms with Crippen molar-refractivity contribution >= 4 is 5.97 Å². The molecule has 0 amide bonds. The zero-order valence-corrected chi connectivity index (χ0v) is 22.2. The normalized spacial score (nSPS) is 54.1. The van der Waals surface area contributed by atoms with Crippen molar-refractivity contribution in [1.82, 2.24) is 0 Å². The van der Waals surface area contributed by atoms with E-state index in [0.717, 1.165) is 44.1 Å². The predicted molar refractivity (Wildman–Crippen MR) is 134 cm³/mol. The number of aliphatic hydroxyl groups is 2. The molecule has 0 unspecified atom stereocenters. The first-order chi connectivity index (χ1) is 15.6. The largest absolute Gasteiger partial charge is 0.481 e. The molecule has 3 N–H and O–H groups in total. The first-order valence-corrected chi connectivity index (χ1v) is 13.6. The van der Waals surface area contributed by atoms with Crippen LogP contribution >= 0.6 is 0 Å². The lowest BCUT2D eigenvalue weighted by Gasteiger charge is -2.71. The van der Waals surface area contributed by atoms with Crippen LogP contribution in [-0.4, -0.2) is 33.0 Å². The van der Waals surface area contributed by atoms with Gasteiger partial charge in [-0.05, 0) is 104 Å². The van der Waals surface area contributed by atoms with Crippen LogP contribution < -0.4 is 0 Å². The highest BCUT2D eigenvalue weighted by molar-refractivity contribution is 5.77. The van der Waals surface area contributed by atoms with E-state index in [9.17, 15) is 20.1 Å². The van der Waals surface area contributed by atoms with Gasteiger partial charge in [-0.15, -0.1) is 0 Å². The van der Waals surface area contributed by atoms with Crippen molar-refractivity contribution in [3.63, 3.8) is 0 Å². The third kappa shape index (κ3) is 2.65. The van der Waals surface area contributed by atoms with Gasteiger partial charge in [0.15, 0.2) is 0 Å². The number of carbonyl (C=O) groups is 1. The maximum atomic E-state index is 12.8. The van der Waals surface area contributed by atoms with E-state index in [1.165, 1.54) is 5.57 Å². The molecule has 0 aromatic rings. The second-order valence-electron chi connectivity index (χ2n) is 14.3. The monoisotopic (exact) mass is 470 g/mol. The summed E-state index contributed by atoms with van der Waals surface area (Å²) in [5, 5.41) is 33.2. The fourth-order valence-corrected chi connectivity index (χ4v) is 10.6. The van der Waals surface area contributed by atoms with Crippen LogP contribution in [0.3, 0.4) is 0 Å². The van der Waals surface area contributed by atoms with Crippen molar-refractivity contribution < 1.29 is 20.1 Å². The zero-order chi connectivity index (χ0) is 25.1. The summed E-state index contributed by atoms with van der Waals surface area (Å²) in [5.74, 6) is -0.183. The first kappa shape index (κ1) is 24.6. The molecule has 34 heavy (non-hydrogen) atoms. The van der Waals surface area contributed by atoms with Gasteiger partial charge in [0.2, 0.25) is 0 Å². The molecule has 0 radical (unpaired) electrons. The molecular formula is C30H46O4. The highest BCUT2D eigenvalue weighted by Gasteiger charge is 2.71. The molecule has 5 rings (SSSR count). The maximum absolute atomic E-state index is 12.8. The molecule has 190 valence electrons. The van der Waals surface area contributed by atoms with Crippen molar-refractivity contribution in [2.24, 2.45) is 44.8 Å². The summed E-state index contributed by atoms with van der Waals surface area (Å²) in [6, 6.07) is 0. The van der Waals surface area contributed by atoms with Crippen LogP contribution in [-0.2, 0) is 4.79 Å². The standard InChI is InChI=1S/C30H46O4/c1-18-10-15-30(24(32)33)17-16-27(5)19(23(30)29(18,7)34)8-9-21-26(4)13-12-22(31)25(2,3)20(26)11-14-28(21,27)6/h8,20-23,31,34H,1,9-17H2,2-7H3,(H,32,33)/t20-,21+,22+,23+,26-,27+,28+,29+,30-/m0/s1. The van der Waals surface area contributed by atoms with E-state index in [4.69, 9.17) is 0 Å². The molecule has 0 saturated heterocycles. The highest BCUT2D eigenvalue weighted by atomic mass is 16.4. The molecule has 9 atom stereocenters. The molecule has 0 spiro atoms. The van der Waals surface area contributed by atoms with Crippen molar-refractivity contribution in [1.29, 1.82) is 0 Å². The Morgan fingerprint density at radius 1 is 0.971 bits per heavy atom. The van der Waals surface area contributed by atoms with Crippen LogP contribution in [0, 0.1) is 44.8 Å². The van der Waals surface area contributed by atoms with Crippen LogP contribution in [0.2, 0.25) is 0 Å². The summed E-state index contributed by atoms with van der Waals surface area (Å²) >= 11 is 0. The third-order valence-corrected chi connectivity index (χ3v) is 13.0. The minimum absolute atomic E-state index is 0.0419. The number of allylic oxidation sites excluding steroid dienone is 1. The van der Waals surface area contributed by atoms with Gasteiger partial charge in [-0.3, -0.25) is 4.79 Å². The van der Waals surface area contributed by atoms with E-state index in [1.54, 1.807) is 0 Å². The lowest BCUT2D eigenvalue weighted by molar-refractivity contribution is -0.209.